The first-order valence-corrected chi connectivity index (χ1v) is 9.73. The maximum Gasteiger partial charge on any atom is 0.238 e. The third-order valence-corrected chi connectivity index (χ3v) is 4.95. The van der Waals surface area contributed by atoms with Crippen molar-refractivity contribution < 1.29 is 18.3 Å². The van der Waals surface area contributed by atoms with Crippen LogP contribution in [0.1, 0.15) is 12.0 Å². The summed E-state index contributed by atoms with van der Waals surface area (Å²) in [4.78, 5) is 4.12. The van der Waals surface area contributed by atoms with Gasteiger partial charge in [-0.2, -0.15) is 0 Å². The summed E-state index contributed by atoms with van der Waals surface area (Å²) in [7, 11) is -3.72. The zero-order valence-corrected chi connectivity index (χ0v) is 16.1. The average Bonchev–Trinajstić information content (AvgIpc) is 2.64. The average molecular weight is 409 g/mol. The molecule has 1 unspecified atom stereocenters. The standard InChI is InChI=1S/C19H20N2O4S.ClH/c20-26(23,24)19-8-5-15-10-18(7-4-16(15)11-19)25-13-17(22)6-3-14-2-1-9-21-12-14;/h1-2,4-5,7-12,17,22H,3,6,13H2,(H2,20,23,24);1H. The second-order valence-electron chi connectivity index (χ2n) is 6.08. The van der Waals surface area contributed by atoms with Crippen LogP contribution in [-0.4, -0.2) is 31.2 Å². The van der Waals surface area contributed by atoms with Crippen LogP contribution in [0.3, 0.4) is 0 Å². The number of hydrogen-bond acceptors (Lipinski definition) is 5. The Balaban J connectivity index is 0.00000261. The van der Waals surface area contributed by atoms with Crippen LogP contribution in [0.4, 0.5) is 0 Å². The number of aliphatic hydroxyl groups is 1. The second kappa shape index (κ2) is 9.14. The molecule has 0 spiro atoms. The van der Waals surface area contributed by atoms with E-state index in [4.69, 9.17) is 9.88 Å². The normalized spacial score (nSPS) is 12.4. The number of ether oxygens (including phenoxy) is 1. The van der Waals surface area contributed by atoms with Crippen molar-refractivity contribution >= 4 is 33.2 Å². The molecular weight excluding hydrogens is 388 g/mol. The summed E-state index contributed by atoms with van der Waals surface area (Å²) in [5.74, 6) is 0.612. The Morgan fingerprint density at radius 1 is 1.11 bits per heavy atom. The first-order chi connectivity index (χ1) is 12.4. The Kier molecular flexibility index (Phi) is 7.15. The third kappa shape index (κ3) is 5.90. The Morgan fingerprint density at radius 3 is 2.56 bits per heavy atom. The van der Waals surface area contributed by atoms with Gasteiger partial charge in [-0.15, -0.1) is 12.4 Å². The van der Waals surface area contributed by atoms with E-state index >= 15 is 0 Å². The van der Waals surface area contributed by atoms with E-state index < -0.39 is 16.1 Å². The fourth-order valence-electron chi connectivity index (χ4n) is 2.62. The van der Waals surface area contributed by atoms with Crippen LogP contribution in [-0.2, 0) is 16.4 Å². The molecule has 0 radical (unpaired) electrons. The van der Waals surface area contributed by atoms with Gasteiger partial charge in [0.25, 0.3) is 0 Å². The predicted octanol–water partition coefficient (Wildman–Crippen LogP) is 2.68. The molecule has 0 saturated carbocycles. The fraction of sp³-hybridized carbons (Fsp3) is 0.211. The minimum absolute atomic E-state index is 0. The van der Waals surface area contributed by atoms with Crippen molar-refractivity contribution in [2.75, 3.05) is 6.61 Å². The number of rotatable bonds is 7. The van der Waals surface area contributed by atoms with Crippen molar-refractivity contribution in [2.24, 2.45) is 5.14 Å². The first kappa shape index (κ1) is 21.1. The van der Waals surface area contributed by atoms with Crippen molar-refractivity contribution in [1.29, 1.82) is 0 Å². The molecule has 3 aromatic rings. The van der Waals surface area contributed by atoms with Gasteiger partial charge in [0.1, 0.15) is 12.4 Å². The van der Waals surface area contributed by atoms with Crippen molar-refractivity contribution in [1.82, 2.24) is 4.98 Å². The molecule has 6 nitrogen and oxygen atoms in total. The number of fused-ring (bicyclic) bond motifs is 1. The van der Waals surface area contributed by atoms with E-state index in [0.29, 0.717) is 12.2 Å². The second-order valence-corrected chi connectivity index (χ2v) is 7.64. The number of halogens is 1. The van der Waals surface area contributed by atoms with Gasteiger partial charge in [-0.25, -0.2) is 13.6 Å². The van der Waals surface area contributed by atoms with Crippen LogP contribution in [0.2, 0.25) is 0 Å². The molecule has 3 rings (SSSR count). The molecule has 8 heteroatoms. The van der Waals surface area contributed by atoms with Gasteiger partial charge in [0, 0.05) is 12.4 Å². The van der Waals surface area contributed by atoms with Gasteiger partial charge < -0.3 is 9.84 Å². The maximum atomic E-state index is 11.4. The Bertz CT molecular complexity index is 997. The van der Waals surface area contributed by atoms with E-state index in [-0.39, 0.29) is 23.9 Å². The third-order valence-electron chi connectivity index (χ3n) is 4.04. The molecule has 2 aromatic carbocycles. The van der Waals surface area contributed by atoms with Gasteiger partial charge in [-0.1, -0.05) is 18.2 Å². The zero-order valence-electron chi connectivity index (χ0n) is 14.5. The molecule has 0 bridgehead atoms. The number of nitrogens with zero attached hydrogens (tertiary/aromatic N) is 1. The van der Waals surface area contributed by atoms with E-state index in [1.165, 1.54) is 12.1 Å². The molecule has 27 heavy (non-hydrogen) atoms. The predicted molar refractivity (Wildman–Crippen MR) is 107 cm³/mol. The monoisotopic (exact) mass is 408 g/mol. The summed E-state index contributed by atoms with van der Waals surface area (Å²) in [5, 5.41) is 16.8. The molecule has 0 saturated heterocycles. The number of sulfonamides is 1. The van der Waals surface area contributed by atoms with Gasteiger partial charge >= 0.3 is 0 Å². The van der Waals surface area contributed by atoms with Gasteiger partial charge in [0.2, 0.25) is 10.0 Å². The smallest absolute Gasteiger partial charge is 0.238 e. The molecule has 1 atom stereocenters. The topological polar surface area (TPSA) is 103 Å². The van der Waals surface area contributed by atoms with E-state index in [1.807, 2.05) is 12.1 Å². The minimum atomic E-state index is -3.72. The lowest BCUT2D eigenvalue weighted by atomic mass is 10.1. The van der Waals surface area contributed by atoms with E-state index in [1.54, 1.807) is 36.7 Å². The number of aryl methyl sites for hydroxylation is 1. The van der Waals surface area contributed by atoms with E-state index in [9.17, 15) is 13.5 Å². The number of benzene rings is 2. The van der Waals surface area contributed by atoms with Crippen LogP contribution < -0.4 is 9.88 Å². The largest absolute Gasteiger partial charge is 0.491 e. The molecule has 0 amide bonds. The lowest BCUT2D eigenvalue weighted by Gasteiger charge is -2.13. The van der Waals surface area contributed by atoms with Crippen LogP contribution in [0, 0.1) is 0 Å². The molecule has 0 aliphatic heterocycles. The SMILES string of the molecule is Cl.NS(=O)(=O)c1ccc2cc(OCC(O)CCc3cccnc3)ccc2c1. The molecule has 144 valence electrons. The van der Waals surface area contributed by atoms with Crippen LogP contribution >= 0.6 is 12.4 Å². The van der Waals surface area contributed by atoms with Crippen molar-refractivity contribution in [3.63, 3.8) is 0 Å². The van der Waals surface area contributed by atoms with Gasteiger partial charge in [0.05, 0.1) is 11.0 Å². The summed E-state index contributed by atoms with van der Waals surface area (Å²) in [6.45, 7) is 0.182. The van der Waals surface area contributed by atoms with E-state index in [0.717, 1.165) is 22.8 Å². The molecular formula is C19H21ClN2O4S. The highest BCUT2D eigenvalue weighted by Crippen LogP contribution is 2.23. The van der Waals surface area contributed by atoms with Crippen molar-refractivity contribution in [3.8, 4) is 5.75 Å². The van der Waals surface area contributed by atoms with Crippen LogP contribution in [0.5, 0.6) is 5.75 Å². The summed E-state index contributed by atoms with van der Waals surface area (Å²) in [5.41, 5.74) is 1.07. The molecule has 0 fully saturated rings. The zero-order chi connectivity index (χ0) is 18.6. The number of pyridine rings is 1. The first-order valence-electron chi connectivity index (χ1n) is 8.18. The van der Waals surface area contributed by atoms with E-state index in [2.05, 4.69) is 4.98 Å². The number of aliphatic hydroxyl groups excluding tert-OH is 1. The lowest BCUT2D eigenvalue weighted by Crippen LogP contribution is -2.18. The molecule has 0 aliphatic rings. The maximum absolute atomic E-state index is 11.4. The Morgan fingerprint density at radius 2 is 1.85 bits per heavy atom. The summed E-state index contributed by atoms with van der Waals surface area (Å²) in [6.07, 6.45) is 4.22. The molecule has 1 aromatic heterocycles. The fourth-order valence-corrected chi connectivity index (χ4v) is 3.17. The van der Waals surface area contributed by atoms with Crippen molar-refractivity contribution in [2.45, 2.75) is 23.8 Å². The molecule has 1 heterocycles. The highest BCUT2D eigenvalue weighted by atomic mass is 35.5. The molecule has 3 N–H and O–H groups in total. The summed E-state index contributed by atoms with van der Waals surface area (Å²) < 4.78 is 28.5. The van der Waals surface area contributed by atoms with Crippen molar-refractivity contribution in [3.05, 3.63) is 66.5 Å². The van der Waals surface area contributed by atoms with Gasteiger partial charge in [-0.05, 0) is 59.5 Å². The molecule has 0 aliphatic carbocycles. The minimum Gasteiger partial charge on any atom is -0.491 e. The van der Waals surface area contributed by atoms with Gasteiger partial charge in [-0.3, -0.25) is 4.98 Å². The van der Waals surface area contributed by atoms with Crippen LogP contribution in [0.15, 0.2) is 65.8 Å². The quantitative estimate of drug-likeness (QED) is 0.625. The lowest BCUT2D eigenvalue weighted by molar-refractivity contribution is 0.100. The van der Waals surface area contributed by atoms with Gasteiger partial charge in [0.15, 0.2) is 0 Å². The number of nitrogens with two attached hydrogens (primary N) is 1. The highest BCUT2D eigenvalue weighted by Gasteiger charge is 2.10. The highest BCUT2D eigenvalue weighted by molar-refractivity contribution is 7.89. The Hall–Kier alpha value is -2.19. The summed E-state index contributed by atoms with van der Waals surface area (Å²) >= 11 is 0. The number of primary sulfonamides is 1. The Labute approximate surface area is 164 Å². The van der Waals surface area contributed by atoms with Crippen LogP contribution in [0.25, 0.3) is 10.8 Å². The summed E-state index contributed by atoms with van der Waals surface area (Å²) in [6, 6.07) is 13.8. The number of aromatic nitrogens is 1. The number of hydrogen-bond donors (Lipinski definition) is 2.